The second-order valence-electron chi connectivity index (χ2n) is 1.89. The van der Waals surface area contributed by atoms with E-state index in [0.29, 0.717) is 0 Å². The summed E-state index contributed by atoms with van der Waals surface area (Å²) in [5.41, 5.74) is 0. The maximum atomic E-state index is 11.4. The Morgan fingerprint density at radius 2 is 2.20 bits per heavy atom. The van der Waals surface area contributed by atoms with Crippen LogP contribution in [0, 0.1) is 0 Å². The predicted molar refractivity (Wildman–Crippen MR) is 30.7 cm³/mol. The molecule has 0 aliphatic rings. The molecule has 0 bridgehead atoms. The summed E-state index contributed by atoms with van der Waals surface area (Å²) in [7, 11) is 0. The van der Waals surface area contributed by atoms with Gasteiger partial charge in [-0.15, -0.1) is 0 Å². The van der Waals surface area contributed by atoms with Gasteiger partial charge in [-0.3, -0.25) is 4.79 Å². The highest BCUT2D eigenvalue weighted by Gasteiger charge is 2.16. The van der Waals surface area contributed by atoms with Gasteiger partial charge in [-0.1, -0.05) is 0 Å². The van der Waals surface area contributed by atoms with Gasteiger partial charge in [0, 0.05) is 6.04 Å². The van der Waals surface area contributed by atoms with Crippen LogP contribution in [0.5, 0.6) is 0 Å². The number of carbonyl (C=O) groups is 1. The fourth-order valence-corrected chi connectivity index (χ4v) is 0.351. The number of amides is 1. The first-order valence-electron chi connectivity index (χ1n) is 2.77. The van der Waals surface area contributed by atoms with E-state index in [-0.39, 0.29) is 6.61 Å². The Morgan fingerprint density at radius 1 is 1.70 bits per heavy atom. The van der Waals surface area contributed by atoms with Crippen LogP contribution in [0.3, 0.4) is 0 Å². The molecule has 60 valence electrons. The molecule has 1 atom stereocenters. The van der Waals surface area contributed by atoms with E-state index < -0.39 is 18.4 Å². The first-order valence-corrected chi connectivity index (χ1v) is 2.77. The van der Waals surface area contributed by atoms with Crippen LogP contribution >= 0.6 is 0 Å². The number of alkyl halides is 2. The zero-order valence-electron chi connectivity index (χ0n) is 5.47. The van der Waals surface area contributed by atoms with Crippen molar-refractivity contribution in [1.82, 2.24) is 5.32 Å². The van der Waals surface area contributed by atoms with Crippen molar-refractivity contribution < 1.29 is 18.7 Å². The summed E-state index contributed by atoms with van der Waals surface area (Å²) in [5.74, 6) is -1.35. The van der Waals surface area contributed by atoms with Crippen LogP contribution in [0.25, 0.3) is 0 Å². The Bertz CT molecular complexity index is 118. The van der Waals surface area contributed by atoms with Gasteiger partial charge in [0.15, 0.2) is 0 Å². The van der Waals surface area contributed by atoms with Crippen molar-refractivity contribution in [2.75, 3.05) is 6.61 Å². The van der Waals surface area contributed by atoms with Crippen molar-refractivity contribution in [2.45, 2.75) is 19.4 Å². The molecule has 3 nitrogen and oxygen atoms in total. The number of hydrogen-bond donors (Lipinski definition) is 2. The zero-order chi connectivity index (χ0) is 8.15. The molecule has 0 aliphatic heterocycles. The quantitative estimate of drug-likeness (QED) is 0.587. The smallest absolute Gasteiger partial charge is 0.315 e. The monoisotopic (exact) mass is 153 g/mol. The van der Waals surface area contributed by atoms with E-state index in [1.165, 1.54) is 6.92 Å². The molecule has 0 aromatic carbocycles. The van der Waals surface area contributed by atoms with E-state index in [9.17, 15) is 13.6 Å². The second kappa shape index (κ2) is 4.16. The molecule has 1 unspecified atom stereocenters. The van der Waals surface area contributed by atoms with Crippen molar-refractivity contribution in [2.24, 2.45) is 0 Å². The Labute approximate surface area is 57.0 Å². The summed E-state index contributed by atoms with van der Waals surface area (Å²) < 4.78 is 22.9. The number of aliphatic hydroxyl groups excluding tert-OH is 1. The lowest BCUT2D eigenvalue weighted by Gasteiger charge is -2.08. The van der Waals surface area contributed by atoms with Crippen molar-refractivity contribution >= 4 is 5.91 Å². The maximum absolute atomic E-state index is 11.4. The third-order valence-corrected chi connectivity index (χ3v) is 0.861. The van der Waals surface area contributed by atoms with E-state index in [1.807, 2.05) is 5.32 Å². The molecule has 0 fully saturated rings. The first kappa shape index (κ1) is 9.29. The molecule has 0 rings (SSSR count). The number of carbonyl (C=O) groups excluding carboxylic acids is 1. The summed E-state index contributed by atoms with van der Waals surface area (Å²) in [4.78, 5) is 10.1. The third kappa shape index (κ3) is 3.34. The molecule has 5 heteroatoms. The third-order valence-electron chi connectivity index (χ3n) is 0.861. The number of halogens is 2. The van der Waals surface area contributed by atoms with Gasteiger partial charge < -0.3 is 10.4 Å². The van der Waals surface area contributed by atoms with Crippen LogP contribution in [0.2, 0.25) is 0 Å². The van der Waals surface area contributed by atoms with E-state index >= 15 is 0 Å². The SMILES string of the molecule is CC(CO)NC(=O)C(F)F. The molecule has 1 amide bonds. The van der Waals surface area contributed by atoms with Gasteiger partial charge >= 0.3 is 6.43 Å². The molecule has 0 aliphatic carbocycles. The van der Waals surface area contributed by atoms with Gasteiger partial charge in [-0.25, -0.2) is 0 Å². The van der Waals surface area contributed by atoms with Crippen LogP contribution in [0.15, 0.2) is 0 Å². The van der Waals surface area contributed by atoms with E-state index in [4.69, 9.17) is 5.11 Å². The van der Waals surface area contributed by atoms with E-state index in [2.05, 4.69) is 0 Å². The molecule has 0 aromatic heterocycles. The van der Waals surface area contributed by atoms with Crippen LogP contribution < -0.4 is 5.32 Å². The molecule has 0 spiro atoms. The molecule has 0 saturated carbocycles. The van der Waals surface area contributed by atoms with Gasteiger partial charge in [0.05, 0.1) is 6.61 Å². The maximum Gasteiger partial charge on any atom is 0.315 e. The Kier molecular flexibility index (Phi) is 3.87. The first-order chi connectivity index (χ1) is 4.57. The molecule has 0 radical (unpaired) electrons. The topological polar surface area (TPSA) is 49.3 Å². The zero-order valence-corrected chi connectivity index (χ0v) is 5.47. The van der Waals surface area contributed by atoms with E-state index in [1.54, 1.807) is 0 Å². The Balaban J connectivity index is 3.57. The summed E-state index contributed by atoms with van der Waals surface area (Å²) >= 11 is 0. The highest BCUT2D eigenvalue weighted by atomic mass is 19.3. The minimum atomic E-state index is -3.01. The minimum absolute atomic E-state index is 0.335. The number of nitrogens with one attached hydrogen (secondary N) is 1. The molecule has 0 heterocycles. The van der Waals surface area contributed by atoms with Crippen molar-refractivity contribution in [3.05, 3.63) is 0 Å². The van der Waals surface area contributed by atoms with Crippen LogP contribution in [0.4, 0.5) is 8.78 Å². The molecular weight excluding hydrogens is 144 g/mol. The van der Waals surface area contributed by atoms with Gasteiger partial charge in [0.2, 0.25) is 0 Å². The van der Waals surface area contributed by atoms with E-state index in [0.717, 1.165) is 0 Å². The predicted octanol–water partition coefficient (Wildman–Crippen LogP) is -0.252. The highest BCUT2D eigenvalue weighted by Crippen LogP contribution is 1.91. The molecular formula is C5H9F2NO2. The van der Waals surface area contributed by atoms with Crippen molar-refractivity contribution in [1.29, 1.82) is 0 Å². The summed E-state index contributed by atoms with van der Waals surface area (Å²) in [6, 6.07) is -0.610. The molecule has 0 saturated heterocycles. The summed E-state index contributed by atoms with van der Waals surface area (Å²) in [6.07, 6.45) is -3.01. The van der Waals surface area contributed by atoms with Crippen LogP contribution in [0.1, 0.15) is 6.92 Å². The number of aliphatic hydroxyl groups is 1. The summed E-state index contributed by atoms with van der Waals surface area (Å²) in [6.45, 7) is 1.10. The van der Waals surface area contributed by atoms with Crippen LogP contribution in [-0.4, -0.2) is 30.1 Å². The minimum Gasteiger partial charge on any atom is -0.394 e. The van der Waals surface area contributed by atoms with Gasteiger partial charge in [-0.05, 0) is 6.92 Å². The normalized spacial score (nSPS) is 13.3. The fraction of sp³-hybridized carbons (Fsp3) is 0.800. The lowest BCUT2D eigenvalue weighted by Crippen LogP contribution is -2.38. The lowest BCUT2D eigenvalue weighted by molar-refractivity contribution is -0.132. The van der Waals surface area contributed by atoms with Crippen LogP contribution in [-0.2, 0) is 4.79 Å². The lowest BCUT2D eigenvalue weighted by atomic mass is 10.3. The Hall–Kier alpha value is -0.710. The molecule has 0 aromatic rings. The molecule has 2 N–H and O–H groups in total. The summed E-state index contributed by atoms with van der Waals surface area (Å²) in [5, 5.41) is 10.2. The van der Waals surface area contributed by atoms with Gasteiger partial charge in [-0.2, -0.15) is 8.78 Å². The molecule has 10 heavy (non-hydrogen) atoms. The van der Waals surface area contributed by atoms with Gasteiger partial charge in [0.25, 0.3) is 5.91 Å². The Morgan fingerprint density at radius 3 is 2.50 bits per heavy atom. The fourth-order valence-electron chi connectivity index (χ4n) is 0.351. The largest absolute Gasteiger partial charge is 0.394 e. The standard InChI is InChI=1S/C5H9F2NO2/c1-3(2-9)8-5(10)4(6)7/h3-4,9H,2H2,1H3,(H,8,10). The number of rotatable bonds is 3. The van der Waals surface area contributed by atoms with Gasteiger partial charge in [0.1, 0.15) is 0 Å². The number of hydrogen-bond acceptors (Lipinski definition) is 2. The highest BCUT2D eigenvalue weighted by molar-refractivity contribution is 5.79. The second-order valence-corrected chi connectivity index (χ2v) is 1.89. The van der Waals surface area contributed by atoms with Crippen molar-refractivity contribution in [3.63, 3.8) is 0 Å². The average molecular weight is 153 g/mol. The average Bonchev–Trinajstić information content (AvgIpc) is 1.87. The van der Waals surface area contributed by atoms with Crippen molar-refractivity contribution in [3.8, 4) is 0 Å².